The van der Waals surface area contributed by atoms with E-state index in [1.54, 1.807) is 6.07 Å². The van der Waals surface area contributed by atoms with Crippen molar-refractivity contribution in [3.05, 3.63) is 33.9 Å². The van der Waals surface area contributed by atoms with Gasteiger partial charge in [-0.1, -0.05) is 19.1 Å². The lowest BCUT2D eigenvalue weighted by Crippen LogP contribution is -2.41. The molecule has 2 unspecified atom stereocenters. The first-order valence-corrected chi connectivity index (χ1v) is 7.01. The molecule has 0 bridgehead atoms. The molecular weight excluding hydrogens is 256 g/mol. The SMILES string of the molecule is CC1CCCN(Cc2cccc([N+](=O)[O-])c2NN)C1C. The second-order valence-electron chi connectivity index (χ2n) is 5.54. The number of hydrogen-bond donors (Lipinski definition) is 2. The van der Waals surface area contributed by atoms with Crippen molar-refractivity contribution in [2.75, 3.05) is 12.0 Å². The largest absolute Gasteiger partial charge is 0.318 e. The molecule has 0 amide bonds. The number of nitro groups is 1. The van der Waals surface area contributed by atoms with Crippen LogP contribution >= 0.6 is 0 Å². The summed E-state index contributed by atoms with van der Waals surface area (Å²) in [5.74, 6) is 6.13. The Morgan fingerprint density at radius 1 is 1.50 bits per heavy atom. The van der Waals surface area contributed by atoms with Gasteiger partial charge in [0.15, 0.2) is 0 Å². The molecule has 0 radical (unpaired) electrons. The Morgan fingerprint density at radius 3 is 2.90 bits per heavy atom. The molecule has 6 nitrogen and oxygen atoms in total. The summed E-state index contributed by atoms with van der Waals surface area (Å²) in [5.41, 5.74) is 3.82. The summed E-state index contributed by atoms with van der Waals surface area (Å²) in [4.78, 5) is 13.0. The Labute approximate surface area is 119 Å². The number of benzene rings is 1. The average Bonchev–Trinajstić information content (AvgIpc) is 2.43. The lowest BCUT2D eigenvalue weighted by Gasteiger charge is -2.38. The number of nitrogens with one attached hydrogen (secondary N) is 1. The minimum atomic E-state index is -0.402. The van der Waals surface area contributed by atoms with E-state index in [9.17, 15) is 10.1 Å². The Hall–Kier alpha value is -1.66. The molecule has 1 aromatic carbocycles. The van der Waals surface area contributed by atoms with Crippen LogP contribution in [0.5, 0.6) is 0 Å². The molecule has 0 spiro atoms. The summed E-state index contributed by atoms with van der Waals surface area (Å²) in [5, 5.41) is 11.0. The number of rotatable bonds is 4. The van der Waals surface area contributed by atoms with E-state index in [0.717, 1.165) is 12.1 Å². The maximum absolute atomic E-state index is 11.0. The molecule has 1 aliphatic heterocycles. The molecular formula is C14H22N4O2. The number of hydrogen-bond acceptors (Lipinski definition) is 5. The third-order valence-corrected chi connectivity index (χ3v) is 4.35. The van der Waals surface area contributed by atoms with Crippen LogP contribution in [0.2, 0.25) is 0 Å². The standard InChI is InChI=1S/C14H22N4O2/c1-10-5-4-8-17(11(10)2)9-12-6-3-7-13(18(19)20)14(12)16-15/h3,6-7,10-11,16H,4-5,8-9,15H2,1-2H3. The molecule has 1 aromatic rings. The van der Waals surface area contributed by atoms with Crippen LogP contribution in [0.4, 0.5) is 11.4 Å². The fourth-order valence-electron chi connectivity index (χ4n) is 2.90. The number of nitrogens with zero attached hydrogens (tertiary/aromatic N) is 2. The molecule has 1 fully saturated rings. The van der Waals surface area contributed by atoms with Crippen molar-refractivity contribution in [3.63, 3.8) is 0 Å². The van der Waals surface area contributed by atoms with E-state index in [1.807, 2.05) is 6.07 Å². The second-order valence-corrected chi connectivity index (χ2v) is 5.54. The molecule has 2 atom stereocenters. The highest BCUT2D eigenvalue weighted by molar-refractivity contribution is 5.65. The minimum absolute atomic E-state index is 0.0303. The first-order chi connectivity index (χ1) is 9.54. The molecule has 1 saturated heterocycles. The van der Waals surface area contributed by atoms with Gasteiger partial charge in [0.1, 0.15) is 5.69 Å². The Bertz CT molecular complexity index is 492. The van der Waals surface area contributed by atoms with Crippen molar-refractivity contribution in [1.82, 2.24) is 4.90 Å². The number of hydrazine groups is 1. The van der Waals surface area contributed by atoms with E-state index in [2.05, 4.69) is 24.2 Å². The van der Waals surface area contributed by atoms with E-state index >= 15 is 0 Å². The van der Waals surface area contributed by atoms with Gasteiger partial charge in [-0.05, 0) is 37.8 Å². The predicted molar refractivity (Wildman–Crippen MR) is 79.2 cm³/mol. The smallest absolute Gasteiger partial charge is 0.293 e. The van der Waals surface area contributed by atoms with E-state index in [4.69, 9.17) is 5.84 Å². The maximum Gasteiger partial charge on any atom is 0.293 e. The van der Waals surface area contributed by atoms with Gasteiger partial charge in [0, 0.05) is 18.7 Å². The Morgan fingerprint density at radius 2 is 2.25 bits per heavy atom. The van der Waals surface area contributed by atoms with Crippen LogP contribution in [-0.2, 0) is 6.54 Å². The van der Waals surface area contributed by atoms with Crippen molar-refractivity contribution in [1.29, 1.82) is 0 Å². The van der Waals surface area contributed by atoms with E-state index in [1.165, 1.54) is 18.9 Å². The van der Waals surface area contributed by atoms with Gasteiger partial charge >= 0.3 is 0 Å². The van der Waals surface area contributed by atoms with Crippen molar-refractivity contribution in [3.8, 4) is 0 Å². The van der Waals surface area contributed by atoms with Crippen LogP contribution in [0.25, 0.3) is 0 Å². The highest BCUT2D eigenvalue weighted by atomic mass is 16.6. The quantitative estimate of drug-likeness (QED) is 0.502. The minimum Gasteiger partial charge on any atom is -0.318 e. The van der Waals surface area contributed by atoms with Crippen molar-refractivity contribution in [2.24, 2.45) is 11.8 Å². The van der Waals surface area contributed by atoms with Crippen molar-refractivity contribution < 1.29 is 4.92 Å². The predicted octanol–water partition coefficient (Wildman–Crippen LogP) is 2.50. The molecule has 2 rings (SSSR count). The number of anilines is 1. The Balaban J connectivity index is 2.24. The van der Waals surface area contributed by atoms with Gasteiger partial charge in [-0.25, -0.2) is 0 Å². The Kier molecular flexibility index (Phi) is 4.57. The maximum atomic E-state index is 11.0. The van der Waals surface area contributed by atoms with Gasteiger partial charge in [0.25, 0.3) is 5.69 Å². The molecule has 1 aliphatic rings. The zero-order chi connectivity index (χ0) is 14.7. The topological polar surface area (TPSA) is 84.4 Å². The molecule has 1 heterocycles. The highest BCUT2D eigenvalue weighted by Crippen LogP contribution is 2.31. The molecule has 0 saturated carbocycles. The normalized spacial score (nSPS) is 23.6. The first-order valence-electron chi connectivity index (χ1n) is 7.01. The fraction of sp³-hybridized carbons (Fsp3) is 0.571. The molecule has 0 aromatic heterocycles. The van der Waals surface area contributed by atoms with E-state index in [0.29, 0.717) is 24.2 Å². The molecule has 110 valence electrons. The summed E-state index contributed by atoms with van der Waals surface area (Å²) in [7, 11) is 0. The zero-order valence-electron chi connectivity index (χ0n) is 12.0. The second kappa shape index (κ2) is 6.19. The van der Waals surface area contributed by atoms with Gasteiger partial charge in [0.05, 0.1) is 4.92 Å². The van der Waals surface area contributed by atoms with Gasteiger partial charge < -0.3 is 5.43 Å². The molecule has 20 heavy (non-hydrogen) atoms. The summed E-state index contributed by atoms with van der Waals surface area (Å²) in [6.45, 7) is 6.19. The van der Waals surface area contributed by atoms with E-state index < -0.39 is 4.92 Å². The summed E-state index contributed by atoms with van der Waals surface area (Å²) < 4.78 is 0. The summed E-state index contributed by atoms with van der Waals surface area (Å²) >= 11 is 0. The molecule has 0 aliphatic carbocycles. The zero-order valence-corrected chi connectivity index (χ0v) is 12.0. The van der Waals surface area contributed by atoms with Gasteiger partial charge in [-0.2, -0.15) is 0 Å². The van der Waals surface area contributed by atoms with Gasteiger partial charge in [-0.15, -0.1) is 0 Å². The number of nitrogen functional groups attached to an aromatic ring is 1. The van der Waals surface area contributed by atoms with Crippen molar-refractivity contribution in [2.45, 2.75) is 39.3 Å². The fourth-order valence-corrected chi connectivity index (χ4v) is 2.90. The molecule has 6 heteroatoms. The van der Waals surface area contributed by atoms with Crippen molar-refractivity contribution >= 4 is 11.4 Å². The number of nitro benzene ring substituents is 1. The number of nitrogens with two attached hydrogens (primary N) is 1. The first kappa shape index (κ1) is 14.7. The van der Waals surface area contributed by atoms with Gasteiger partial charge in [0.2, 0.25) is 0 Å². The van der Waals surface area contributed by atoms with E-state index in [-0.39, 0.29) is 5.69 Å². The summed E-state index contributed by atoms with van der Waals surface area (Å²) in [6.07, 6.45) is 2.42. The number of para-hydroxylation sites is 1. The average molecular weight is 278 g/mol. The summed E-state index contributed by atoms with van der Waals surface area (Å²) in [6, 6.07) is 5.57. The van der Waals surface area contributed by atoms with Crippen LogP contribution in [0.15, 0.2) is 18.2 Å². The van der Waals surface area contributed by atoms with Gasteiger partial charge in [-0.3, -0.25) is 20.9 Å². The molecule has 3 N–H and O–H groups in total. The highest BCUT2D eigenvalue weighted by Gasteiger charge is 2.26. The lowest BCUT2D eigenvalue weighted by atomic mass is 9.91. The lowest BCUT2D eigenvalue weighted by molar-refractivity contribution is -0.384. The monoisotopic (exact) mass is 278 g/mol. The van der Waals surface area contributed by atoms with Crippen LogP contribution < -0.4 is 11.3 Å². The number of piperidine rings is 1. The van der Waals surface area contributed by atoms with Crippen LogP contribution in [0.3, 0.4) is 0 Å². The van der Waals surface area contributed by atoms with Crippen LogP contribution in [-0.4, -0.2) is 22.4 Å². The van der Waals surface area contributed by atoms with Crippen LogP contribution in [0.1, 0.15) is 32.3 Å². The van der Waals surface area contributed by atoms with Crippen LogP contribution in [0, 0.1) is 16.0 Å². The third-order valence-electron chi connectivity index (χ3n) is 4.35. The third kappa shape index (κ3) is 2.91. The number of likely N-dealkylation sites (tertiary alicyclic amines) is 1.